The molecule has 0 aromatic heterocycles. The van der Waals surface area contributed by atoms with Gasteiger partial charge in [-0.1, -0.05) is 37.3 Å². The molecule has 3 amide bonds. The number of amides is 3. The van der Waals surface area contributed by atoms with Crippen LogP contribution < -0.4 is 10.2 Å². The van der Waals surface area contributed by atoms with Gasteiger partial charge in [-0.05, 0) is 43.2 Å². The summed E-state index contributed by atoms with van der Waals surface area (Å²) in [7, 11) is 2.00. The van der Waals surface area contributed by atoms with Crippen molar-refractivity contribution in [3.63, 3.8) is 0 Å². The Hall–Kier alpha value is -3.15. The second-order valence-corrected chi connectivity index (χ2v) is 6.46. The van der Waals surface area contributed by atoms with Crippen LogP contribution in [0.1, 0.15) is 25.8 Å². The van der Waals surface area contributed by atoms with E-state index >= 15 is 0 Å². The van der Waals surface area contributed by atoms with Gasteiger partial charge in [-0.25, -0.2) is 4.79 Å². The number of anilines is 2. The average molecular weight is 350 g/mol. The van der Waals surface area contributed by atoms with Crippen molar-refractivity contribution in [3.8, 4) is 0 Å². The summed E-state index contributed by atoms with van der Waals surface area (Å²) >= 11 is 0. The van der Waals surface area contributed by atoms with Crippen molar-refractivity contribution in [3.05, 3.63) is 60.2 Å². The molecule has 0 bridgehead atoms. The molecule has 2 aromatic carbocycles. The summed E-state index contributed by atoms with van der Waals surface area (Å²) in [6.07, 6.45) is 2.04. The standard InChI is InChI=1S/C20H22N4O2/c1-4-20(2)18(25)24(19(26)22-20)21-14-15-10-12-17(13-11-15)23(3)16-8-6-5-7-9-16/h5-14H,4H2,1-3H3,(H,22,26)/b21-14+. The molecule has 0 saturated carbocycles. The number of nitrogens with one attached hydrogen (secondary N) is 1. The Bertz CT molecular complexity index is 833. The predicted molar refractivity (Wildman–Crippen MR) is 103 cm³/mol. The number of imide groups is 1. The van der Waals surface area contributed by atoms with Gasteiger partial charge in [0.15, 0.2) is 0 Å². The maximum Gasteiger partial charge on any atom is 0.346 e. The fourth-order valence-corrected chi connectivity index (χ4v) is 2.72. The average Bonchev–Trinajstić information content (AvgIpc) is 2.89. The lowest BCUT2D eigenvalue weighted by atomic mass is 10.00. The number of benzene rings is 2. The van der Waals surface area contributed by atoms with Crippen LogP contribution in [0.5, 0.6) is 0 Å². The van der Waals surface area contributed by atoms with Crippen molar-refractivity contribution in [2.24, 2.45) is 5.10 Å². The molecule has 1 unspecified atom stereocenters. The second kappa shape index (κ2) is 7.00. The first kappa shape index (κ1) is 17.7. The van der Waals surface area contributed by atoms with E-state index in [1.165, 1.54) is 6.21 Å². The number of para-hydroxylation sites is 1. The molecule has 0 aliphatic carbocycles. The molecule has 134 valence electrons. The van der Waals surface area contributed by atoms with E-state index in [4.69, 9.17) is 0 Å². The number of hydrogen-bond acceptors (Lipinski definition) is 4. The van der Waals surface area contributed by atoms with Crippen molar-refractivity contribution in [1.82, 2.24) is 10.3 Å². The Morgan fingerprint density at radius 2 is 1.69 bits per heavy atom. The Labute approximate surface area is 153 Å². The largest absolute Gasteiger partial charge is 0.346 e. The molecule has 1 fully saturated rings. The van der Waals surface area contributed by atoms with Crippen LogP contribution in [0.3, 0.4) is 0 Å². The highest BCUT2D eigenvalue weighted by Crippen LogP contribution is 2.23. The summed E-state index contributed by atoms with van der Waals surface area (Å²) in [6, 6.07) is 17.3. The first-order valence-corrected chi connectivity index (χ1v) is 8.54. The van der Waals surface area contributed by atoms with Gasteiger partial charge in [-0.15, -0.1) is 5.01 Å². The highest BCUT2D eigenvalue weighted by atomic mass is 16.2. The monoisotopic (exact) mass is 350 g/mol. The van der Waals surface area contributed by atoms with Crippen molar-refractivity contribution >= 4 is 29.5 Å². The molecule has 1 saturated heterocycles. The smallest absolute Gasteiger partial charge is 0.345 e. The second-order valence-electron chi connectivity index (χ2n) is 6.46. The Morgan fingerprint density at radius 3 is 2.27 bits per heavy atom. The zero-order valence-corrected chi connectivity index (χ0v) is 15.1. The van der Waals surface area contributed by atoms with Crippen molar-refractivity contribution < 1.29 is 9.59 Å². The fourth-order valence-electron chi connectivity index (χ4n) is 2.72. The van der Waals surface area contributed by atoms with Crippen molar-refractivity contribution in [1.29, 1.82) is 0 Å². The minimum atomic E-state index is -0.878. The summed E-state index contributed by atoms with van der Waals surface area (Å²) in [5.74, 6) is -0.332. The fraction of sp³-hybridized carbons (Fsp3) is 0.250. The summed E-state index contributed by atoms with van der Waals surface area (Å²) in [5, 5.41) is 7.64. The molecule has 2 aromatic rings. The van der Waals surface area contributed by atoms with Crippen LogP contribution in [-0.4, -0.2) is 35.7 Å². The zero-order chi connectivity index (χ0) is 18.7. The van der Waals surface area contributed by atoms with E-state index in [9.17, 15) is 9.59 Å². The van der Waals surface area contributed by atoms with Crippen LogP contribution in [0.4, 0.5) is 16.2 Å². The Kier molecular flexibility index (Phi) is 4.75. The van der Waals surface area contributed by atoms with Gasteiger partial charge >= 0.3 is 6.03 Å². The molecule has 1 heterocycles. The lowest BCUT2D eigenvalue weighted by Gasteiger charge is -2.19. The van der Waals surface area contributed by atoms with Crippen molar-refractivity contribution in [2.45, 2.75) is 25.8 Å². The Morgan fingerprint density at radius 1 is 1.08 bits per heavy atom. The van der Waals surface area contributed by atoms with Gasteiger partial charge in [-0.3, -0.25) is 4.79 Å². The molecule has 1 atom stereocenters. The highest BCUT2D eigenvalue weighted by molar-refractivity contribution is 6.07. The van der Waals surface area contributed by atoms with Crippen molar-refractivity contribution in [2.75, 3.05) is 11.9 Å². The normalized spacial score (nSPS) is 19.9. The number of hydrogen-bond donors (Lipinski definition) is 1. The number of carbonyl (C=O) groups excluding carboxylic acids is 2. The molecule has 6 nitrogen and oxygen atoms in total. The van der Waals surface area contributed by atoms with Gasteiger partial charge in [0.25, 0.3) is 5.91 Å². The molecule has 26 heavy (non-hydrogen) atoms. The summed E-state index contributed by atoms with van der Waals surface area (Å²) in [6.45, 7) is 3.56. The van der Waals surface area contributed by atoms with E-state index in [-0.39, 0.29) is 5.91 Å². The summed E-state index contributed by atoms with van der Waals surface area (Å²) < 4.78 is 0. The molecule has 6 heteroatoms. The lowest BCUT2D eigenvalue weighted by Crippen LogP contribution is -2.42. The van der Waals surface area contributed by atoms with Gasteiger partial charge in [0.05, 0.1) is 6.21 Å². The van der Waals surface area contributed by atoms with Crippen LogP contribution in [-0.2, 0) is 4.79 Å². The van der Waals surface area contributed by atoms with Gasteiger partial charge in [0, 0.05) is 18.4 Å². The molecule has 1 N–H and O–H groups in total. The molecular formula is C20H22N4O2. The molecule has 3 rings (SSSR count). The molecule has 1 aliphatic heterocycles. The van der Waals surface area contributed by atoms with E-state index in [1.54, 1.807) is 6.92 Å². The zero-order valence-electron chi connectivity index (χ0n) is 15.1. The number of nitrogens with zero attached hydrogens (tertiary/aromatic N) is 3. The lowest BCUT2D eigenvalue weighted by molar-refractivity contribution is -0.130. The van der Waals surface area contributed by atoms with Gasteiger partial charge in [0.2, 0.25) is 0 Å². The van der Waals surface area contributed by atoms with Crippen LogP contribution in [0.25, 0.3) is 0 Å². The van der Waals surface area contributed by atoms with E-state index in [0.29, 0.717) is 6.42 Å². The molecular weight excluding hydrogens is 328 g/mol. The molecule has 1 aliphatic rings. The van der Waals surface area contributed by atoms with Crippen LogP contribution >= 0.6 is 0 Å². The maximum absolute atomic E-state index is 12.3. The van der Waals surface area contributed by atoms with E-state index in [2.05, 4.69) is 15.3 Å². The number of hydrazone groups is 1. The molecule has 0 radical (unpaired) electrons. The third-order valence-electron chi connectivity index (χ3n) is 4.69. The minimum absolute atomic E-state index is 0.332. The minimum Gasteiger partial charge on any atom is -0.345 e. The first-order chi connectivity index (χ1) is 12.4. The topological polar surface area (TPSA) is 65.0 Å². The molecule has 0 spiro atoms. The predicted octanol–water partition coefficient (Wildman–Crippen LogP) is 3.51. The van der Waals surface area contributed by atoms with Crippen LogP contribution in [0.2, 0.25) is 0 Å². The van der Waals surface area contributed by atoms with E-state index in [0.717, 1.165) is 21.9 Å². The van der Waals surface area contributed by atoms with Gasteiger partial charge in [-0.2, -0.15) is 5.10 Å². The SMILES string of the molecule is CCC1(C)NC(=O)N(/N=C/c2ccc(N(C)c3ccccc3)cc2)C1=O. The maximum atomic E-state index is 12.3. The third kappa shape index (κ3) is 3.31. The van der Waals surface area contributed by atoms with E-state index in [1.807, 2.05) is 68.6 Å². The van der Waals surface area contributed by atoms with Crippen LogP contribution in [0.15, 0.2) is 59.7 Å². The number of urea groups is 1. The first-order valence-electron chi connectivity index (χ1n) is 8.54. The number of carbonyl (C=O) groups is 2. The highest BCUT2D eigenvalue weighted by Gasteiger charge is 2.46. The quantitative estimate of drug-likeness (QED) is 0.663. The summed E-state index contributed by atoms with van der Waals surface area (Å²) in [5.41, 5.74) is 2.05. The van der Waals surface area contributed by atoms with Crippen LogP contribution in [0, 0.1) is 0 Å². The van der Waals surface area contributed by atoms with E-state index < -0.39 is 11.6 Å². The van der Waals surface area contributed by atoms with Gasteiger partial charge < -0.3 is 10.2 Å². The Balaban J connectivity index is 1.73. The number of rotatable bonds is 5. The third-order valence-corrected chi connectivity index (χ3v) is 4.69. The van der Waals surface area contributed by atoms with Gasteiger partial charge in [0.1, 0.15) is 5.54 Å². The summed E-state index contributed by atoms with van der Waals surface area (Å²) in [4.78, 5) is 26.3.